The summed E-state index contributed by atoms with van der Waals surface area (Å²) in [6.45, 7) is 4.77. The van der Waals surface area contributed by atoms with Crippen LogP contribution in [0, 0.1) is 23.0 Å². The molecule has 204 valence electrons. The van der Waals surface area contributed by atoms with Crippen molar-refractivity contribution in [2.75, 3.05) is 7.11 Å². The molecule has 6 rings (SSSR count). The van der Waals surface area contributed by atoms with Crippen LogP contribution in [0.15, 0.2) is 48.5 Å². The topological polar surface area (TPSA) is 35.5 Å². The predicted molar refractivity (Wildman–Crippen MR) is 148 cm³/mol. The normalized spacial score (nSPS) is 24.8. The fraction of sp³-hybridized carbons (Fsp3) is 0.441. The molecule has 0 saturated heterocycles. The fourth-order valence-electron chi connectivity index (χ4n) is 7.40. The Morgan fingerprint density at radius 3 is 2.56 bits per heavy atom. The number of aldehydes is 1. The van der Waals surface area contributed by atoms with Gasteiger partial charge in [0.25, 0.3) is 0 Å². The second kappa shape index (κ2) is 9.76. The highest BCUT2D eigenvalue weighted by molar-refractivity contribution is 5.71. The monoisotopic (exact) mass is 530 g/mol. The molecule has 3 aromatic carbocycles. The molecule has 3 aliphatic carbocycles. The molecule has 0 amide bonds. The van der Waals surface area contributed by atoms with Gasteiger partial charge in [0.05, 0.1) is 7.11 Å². The van der Waals surface area contributed by atoms with E-state index in [4.69, 9.17) is 9.47 Å². The summed E-state index contributed by atoms with van der Waals surface area (Å²) in [7, 11) is 1.59. The molecule has 0 heterocycles. The van der Waals surface area contributed by atoms with E-state index in [0.29, 0.717) is 16.9 Å². The lowest BCUT2D eigenvalue weighted by Crippen LogP contribution is -2.21. The zero-order valence-corrected chi connectivity index (χ0v) is 23.0. The van der Waals surface area contributed by atoms with E-state index in [1.165, 1.54) is 6.07 Å². The third-order valence-corrected chi connectivity index (χ3v) is 9.66. The van der Waals surface area contributed by atoms with Crippen molar-refractivity contribution in [1.82, 2.24) is 0 Å². The minimum absolute atomic E-state index is 0.0852. The number of carbonyl (C=O) groups excluding carboxylic acids is 1. The molecule has 0 aliphatic heterocycles. The van der Waals surface area contributed by atoms with Crippen LogP contribution in [0.4, 0.5) is 8.78 Å². The van der Waals surface area contributed by atoms with E-state index >= 15 is 8.78 Å². The number of benzene rings is 3. The van der Waals surface area contributed by atoms with Crippen molar-refractivity contribution in [2.45, 2.75) is 76.7 Å². The van der Waals surface area contributed by atoms with Crippen LogP contribution in [0.2, 0.25) is 0 Å². The molecule has 0 aromatic heterocycles. The van der Waals surface area contributed by atoms with E-state index < -0.39 is 0 Å². The summed E-state index contributed by atoms with van der Waals surface area (Å²) < 4.78 is 42.4. The number of hydrogen-bond donors (Lipinski definition) is 0. The Hall–Kier alpha value is -3.21. The van der Waals surface area contributed by atoms with Crippen LogP contribution in [-0.4, -0.2) is 13.4 Å². The van der Waals surface area contributed by atoms with E-state index in [-0.39, 0.29) is 46.7 Å². The van der Waals surface area contributed by atoms with E-state index in [1.807, 2.05) is 18.2 Å². The van der Waals surface area contributed by atoms with Gasteiger partial charge in [-0.25, -0.2) is 8.78 Å². The first-order valence-corrected chi connectivity index (χ1v) is 14.1. The second-order valence-corrected chi connectivity index (χ2v) is 12.4. The maximum Gasteiger partial charge on any atom is 0.169 e. The smallest absolute Gasteiger partial charge is 0.169 e. The zero-order chi connectivity index (χ0) is 27.4. The van der Waals surface area contributed by atoms with Gasteiger partial charge in [-0.2, -0.15) is 0 Å². The third kappa shape index (κ3) is 4.44. The predicted octanol–water partition coefficient (Wildman–Crippen LogP) is 8.31. The second-order valence-electron chi connectivity index (χ2n) is 12.4. The molecule has 39 heavy (non-hydrogen) atoms. The molecule has 2 saturated carbocycles. The van der Waals surface area contributed by atoms with E-state index in [1.54, 1.807) is 25.3 Å². The van der Waals surface area contributed by atoms with Crippen LogP contribution in [0.1, 0.15) is 80.5 Å². The van der Waals surface area contributed by atoms with Gasteiger partial charge in [0, 0.05) is 22.5 Å². The number of aryl methyl sites for hydroxylation is 1. The van der Waals surface area contributed by atoms with Gasteiger partial charge in [0.1, 0.15) is 24.5 Å². The van der Waals surface area contributed by atoms with Gasteiger partial charge in [-0.3, -0.25) is 0 Å². The molecule has 0 radical (unpaired) electrons. The number of carbonyl (C=O) groups is 1. The van der Waals surface area contributed by atoms with Gasteiger partial charge >= 0.3 is 0 Å². The van der Waals surface area contributed by atoms with Crippen molar-refractivity contribution < 1.29 is 23.0 Å². The molecule has 3 aliphatic rings. The average molecular weight is 531 g/mol. The Labute approximate surface area is 229 Å². The molecule has 1 spiro atoms. The maximum atomic E-state index is 15.8. The number of hydrogen-bond acceptors (Lipinski definition) is 3. The molecule has 5 heteroatoms. The molecule has 0 bridgehead atoms. The zero-order valence-electron chi connectivity index (χ0n) is 23.0. The Kier molecular flexibility index (Phi) is 6.52. The van der Waals surface area contributed by atoms with Crippen molar-refractivity contribution in [3.63, 3.8) is 0 Å². The fourth-order valence-corrected chi connectivity index (χ4v) is 7.40. The largest absolute Gasteiger partial charge is 0.497 e. The molecule has 3 nitrogen and oxygen atoms in total. The van der Waals surface area contributed by atoms with Crippen LogP contribution >= 0.6 is 0 Å². The van der Waals surface area contributed by atoms with Gasteiger partial charge in [-0.05, 0) is 96.4 Å². The van der Waals surface area contributed by atoms with Gasteiger partial charge < -0.3 is 14.3 Å². The summed E-state index contributed by atoms with van der Waals surface area (Å²) >= 11 is 0. The summed E-state index contributed by atoms with van der Waals surface area (Å²) in [5.41, 5.74) is 4.85. The first-order valence-electron chi connectivity index (χ1n) is 14.1. The Balaban J connectivity index is 1.34. The first kappa shape index (κ1) is 26.0. The summed E-state index contributed by atoms with van der Waals surface area (Å²) in [4.78, 5) is 11.5. The minimum atomic E-state index is -0.345. The van der Waals surface area contributed by atoms with Crippen LogP contribution in [0.3, 0.4) is 0 Å². The Morgan fingerprint density at radius 1 is 1.00 bits per heavy atom. The summed E-state index contributed by atoms with van der Waals surface area (Å²) in [5, 5.41) is 0. The molecule has 3 aromatic rings. The Morgan fingerprint density at radius 2 is 1.85 bits per heavy atom. The quantitative estimate of drug-likeness (QED) is 0.288. The summed E-state index contributed by atoms with van der Waals surface area (Å²) in [6, 6.07) is 14.6. The highest BCUT2D eigenvalue weighted by atomic mass is 19.1. The average Bonchev–Trinajstić information content (AvgIpc) is 3.50. The van der Waals surface area contributed by atoms with Crippen LogP contribution in [0.5, 0.6) is 11.5 Å². The maximum absolute atomic E-state index is 15.8. The molecular weight excluding hydrogens is 494 g/mol. The lowest BCUT2D eigenvalue weighted by Gasteiger charge is -2.30. The van der Waals surface area contributed by atoms with Crippen molar-refractivity contribution >= 4 is 6.29 Å². The summed E-state index contributed by atoms with van der Waals surface area (Å²) in [5.74, 6) is 0.428. The molecule has 3 atom stereocenters. The van der Waals surface area contributed by atoms with E-state index in [0.717, 1.165) is 73.5 Å². The summed E-state index contributed by atoms with van der Waals surface area (Å²) in [6.07, 6.45) is 7.67. The van der Waals surface area contributed by atoms with Gasteiger partial charge in [-0.1, -0.05) is 44.5 Å². The molecule has 0 unspecified atom stereocenters. The number of ether oxygens (including phenoxy) is 2. The number of fused-ring (bicyclic) bond motifs is 2. The Bertz CT molecular complexity index is 1430. The highest BCUT2D eigenvalue weighted by Gasteiger charge is 2.58. The first-order chi connectivity index (χ1) is 18.8. The van der Waals surface area contributed by atoms with Gasteiger partial charge in [0.2, 0.25) is 0 Å². The van der Waals surface area contributed by atoms with Crippen molar-refractivity contribution in [3.8, 4) is 22.6 Å². The SMILES string of the molecule is COc1ccc(F)c(-c2ccc(COc3ccc4c(c3F)[C@@]3(CCC4)C[C@@H]3C=O)cc2[C@@H]2CCCC2(C)C)c1. The van der Waals surface area contributed by atoms with Gasteiger partial charge in [-0.15, -0.1) is 0 Å². The third-order valence-electron chi connectivity index (χ3n) is 9.66. The number of rotatable bonds is 7. The van der Waals surface area contributed by atoms with Crippen molar-refractivity contribution in [1.29, 1.82) is 0 Å². The number of methoxy groups -OCH3 is 1. The standard InChI is InChI=1S/C34H36F2O3/c1-33(2)14-5-7-28(33)26-16-21(8-11-25(26)27-17-24(38-3)10-12-29(27)35)20-39-30-13-9-22-6-4-15-34(18-23(34)19-37)31(22)32(30)36/h8-13,16-17,19,23,28H,4-7,14-15,18,20H2,1-3H3/t23-,28+,34+/m1/s1. The lowest BCUT2D eigenvalue weighted by atomic mass is 9.75. The molecule has 2 fully saturated rings. The number of halogens is 2. The van der Waals surface area contributed by atoms with Crippen molar-refractivity contribution in [3.05, 3.63) is 82.4 Å². The van der Waals surface area contributed by atoms with E-state index in [2.05, 4.69) is 19.9 Å². The van der Waals surface area contributed by atoms with Crippen molar-refractivity contribution in [2.24, 2.45) is 11.3 Å². The van der Waals surface area contributed by atoms with Crippen LogP contribution in [-0.2, 0) is 23.2 Å². The highest BCUT2D eigenvalue weighted by Crippen LogP contribution is 2.60. The molecular formula is C34H36F2O3. The van der Waals surface area contributed by atoms with E-state index in [9.17, 15) is 4.79 Å². The molecule has 0 N–H and O–H groups in total. The van der Waals surface area contributed by atoms with Gasteiger partial charge in [0.15, 0.2) is 11.6 Å². The lowest BCUT2D eigenvalue weighted by molar-refractivity contribution is -0.109. The van der Waals surface area contributed by atoms with Crippen LogP contribution in [0.25, 0.3) is 11.1 Å². The van der Waals surface area contributed by atoms with Crippen LogP contribution < -0.4 is 9.47 Å². The minimum Gasteiger partial charge on any atom is -0.497 e.